The third-order valence-corrected chi connectivity index (χ3v) is 5.09. The summed E-state index contributed by atoms with van der Waals surface area (Å²) in [6, 6.07) is 11.2. The number of rotatable bonds is 10. The molecule has 0 aromatic heterocycles. The van der Waals surface area contributed by atoms with Crippen molar-refractivity contribution in [1.82, 2.24) is 0 Å². The van der Waals surface area contributed by atoms with Crippen LogP contribution in [0.3, 0.4) is 0 Å². The molecule has 0 aliphatic rings. The average molecular weight is 417 g/mol. The molecule has 1 N–H and O–H groups in total. The number of para-hydroxylation sites is 2. The molecule has 0 fully saturated rings. The maximum absolute atomic E-state index is 12.2. The average Bonchev–Trinajstić information content (AvgIpc) is 2.60. The largest absolute Gasteiger partial charge is 1.00 e. The van der Waals surface area contributed by atoms with Crippen molar-refractivity contribution in [2.24, 2.45) is 0 Å². The smallest absolute Gasteiger partial charge is 0.869 e. The van der Waals surface area contributed by atoms with Gasteiger partial charge in [-0.25, -0.2) is 0 Å². The second kappa shape index (κ2) is 12.2. The Balaban J connectivity index is 0.00000364. The number of hydrogen-bond acceptors (Lipinski definition) is 4. The molecule has 0 unspecified atom stereocenters. The summed E-state index contributed by atoms with van der Waals surface area (Å²) < 4.78 is 37.4. The zero-order chi connectivity index (χ0) is 19.0. The zero-order valence-corrected chi connectivity index (χ0v) is 19.9. The van der Waals surface area contributed by atoms with Crippen LogP contribution in [0, 0.1) is 0 Å². The van der Waals surface area contributed by atoms with Crippen LogP contribution in [0.1, 0.15) is 51.0 Å². The Kier molecular flexibility index (Phi) is 11.1. The van der Waals surface area contributed by atoms with Crippen LogP contribution in [-0.4, -0.2) is 13.0 Å². The van der Waals surface area contributed by atoms with E-state index in [9.17, 15) is 13.5 Å². The summed E-state index contributed by atoms with van der Waals surface area (Å²) in [4.78, 5) is -0.677. The van der Waals surface area contributed by atoms with E-state index in [0.29, 0.717) is 5.75 Å². The van der Waals surface area contributed by atoms with E-state index >= 15 is 0 Å². The molecule has 27 heavy (non-hydrogen) atoms. The van der Waals surface area contributed by atoms with Gasteiger partial charge in [-0.1, -0.05) is 63.3 Å². The van der Waals surface area contributed by atoms with E-state index in [4.69, 9.17) is 9.29 Å². The van der Waals surface area contributed by atoms with Crippen LogP contribution >= 0.6 is 0 Å². The molecule has 0 spiro atoms. The molecule has 5 nitrogen and oxygen atoms in total. The fourth-order valence-corrected chi connectivity index (χ4v) is 3.39. The number of hydrogen-bond donors (Lipinski definition) is 1. The summed E-state index contributed by atoms with van der Waals surface area (Å²) in [6.07, 6.45) is 7.93. The maximum Gasteiger partial charge on any atom is 1.00 e. The monoisotopic (exact) mass is 416 g/mol. The normalized spacial score (nSPS) is 11.0. The van der Waals surface area contributed by atoms with E-state index < -0.39 is 20.8 Å². The van der Waals surface area contributed by atoms with E-state index in [1.165, 1.54) is 37.8 Å². The first-order chi connectivity index (χ1) is 12.4. The van der Waals surface area contributed by atoms with Crippen molar-refractivity contribution in [1.29, 1.82) is 0 Å². The minimum absolute atomic E-state index is 0. The van der Waals surface area contributed by atoms with Gasteiger partial charge in [-0.05, 0) is 42.4 Å². The number of aryl methyl sites for hydroxylation is 1. The summed E-state index contributed by atoms with van der Waals surface area (Å²) >= 11 is 0. The van der Waals surface area contributed by atoms with Gasteiger partial charge in [-0.3, -0.25) is 4.55 Å². The first kappa shape index (κ1) is 24.6. The molecule has 0 saturated heterocycles. The molecule has 7 heteroatoms. The molecule has 2 aromatic rings. The maximum atomic E-state index is 12.2. The van der Waals surface area contributed by atoms with Gasteiger partial charge >= 0.3 is 51.4 Å². The fraction of sp³-hybridized carbons (Fsp3) is 0.400. The molecule has 2 aromatic carbocycles. The molecule has 0 radical (unpaired) electrons. The van der Waals surface area contributed by atoms with Gasteiger partial charge in [0.25, 0.3) is 10.1 Å². The summed E-state index contributed by atoms with van der Waals surface area (Å²) in [5.74, 6) is -0.425. The van der Waals surface area contributed by atoms with Gasteiger partial charge in [0.05, 0.1) is 4.90 Å². The Morgan fingerprint density at radius 1 is 0.926 bits per heavy atom. The number of ether oxygens (including phenoxy) is 1. The van der Waals surface area contributed by atoms with E-state index in [2.05, 4.69) is 6.92 Å². The molecule has 0 bridgehead atoms. The fourth-order valence-electron chi connectivity index (χ4n) is 2.80. The van der Waals surface area contributed by atoms with Gasteiger partial charge in [0.15, 0.2) is 0 Å². The zero-order valence-electron chi connectivity index (χ0n) is 16.0. The SMILES string of the molecule is CCCCCCCCc1ccccc1Oc1cccc(S(=O)(=O)O)c1[O-].[K+]. The molecule has 2 rings (SSSR count). The van der Waals surface area contributed by atoms with Crippen molar-refractivity contribution >= 4 is 10.1 Å². The van der Waals surface area contributed by atoms with Crippen LogP contribution in [0.15, 0.2) is 47.4 Å². The molecule has 0 atom stereocenters. The number of benzene rings is 2. The third kappa shape index (κ3) is 7.85. The van der Waals surface area contributed by atoms with Crippen molar-refractivity contribution in [2.75, 3.05) is 0 Å². The minimum Gasteiger partial charge on any atom is -0.869 e. The predicted octanol–water partition coefficient (Wildman–Crippen LogP) is 1.71. The van der Waals surface area contributed by atoms with Gasteiger partial charge in [-0.15, -0.1) is 0 Å². The topological polar surface area (TPSA) is 86.7 Å². The molecular formula is C20H25KO5S. The first-order valence-electron chi connectivity index (χ1n) is 8.96. The molecular weight excluding hydrogens is 391 g/mol. The molecule has 0 saturated carbocycles. The Labute approximate surface area is 204 Å². The van der Waals surface area contributed by atoms with Crippen molar-refractivity contribution in [3.63, 3.8) is 0 Å². The van der Waals surface area contributed by atoms with Crippen LogP contribution in [-0.2, 0) is 16.5 Å². The Bertz CT molecular complexity index is 821. The van der Waals surface area contributed by atoms with E-state index in [1.807, 2.05) is 12.1 Å². The Morgan fingerprint density at radius 2 is 1.56 bits per heavy atom. The Hall–Kier alpha value is -0.414. The van der Waals surface area contributed by atoms with Crippen LogP contribution in [0.25, 0.3) is 0 Å². The number of unbranched alkanes of at least 4 members (excludes halogenated alkanes) is 5. The first-order valence-corrected chi connectivity index (χ1v) is 10.4. The standard InChI is InChI=1S/C20H26O5S.K/c1-2-3-4-5-6-7-11-16-12-8-9-13-17(16)25-18-14-10-15-19(20(18)21)26(22,23)24;/h8-10,12-15,21H,2-7,11H2,1H3,(H,22,23,24);/q;+1/p-1. The van der Waals surface area contributed by atoms with Crippen molar-refractivity contribution in [3.05, 3.63) is 48.0 Å². The molecule has 142 valence electrons. The van der Waals surface area contributed by atoms with Crippen molar-refractivity contribution in [2.45, 2.75) is 56.8 Å². The summed E-state index contributed by atoms with van der Waals surface area (Å²) in [5, 5.41) is 12.2. The van der Waals surface area contributed by atoms with E-state index in [-0.39, 0.29) is 57.1 Å². The third-order valence-electron chi connectivity index (χ3n) is 4.21. The van der Waals surface area contributed by atoms with Gasteiger partial charge in [0.2, 0.25) is 0 Å². The summed E-state index contributed by atoms with van der Waals surface area (Å²) in [5.41, 5.74) is 0.972. The second-order valence-electron chi connectivity index (χ2n) is 6.29. The van der Waals surface area contributed by atoms with Crippen molar-refractivity contribution in [3.8, 4) is 17.2 Å². The predicted molar refractivity (Wildman–Crippen MR) is 99.3 cm³/mol. The van der Waals surface area contributed by atoms with E-state index in [0.717, 1.165) is 30.9 Å². The van der Waals surface area contributed by atoms with Crippen LogP contribution in [0.2, 0.25) is 0 Å². The van der Waals surface area contributed by atoms with Gasteiger partial charge in [0.1, 0.15) is 11.5 Å². The van der Waals surface area contributed by atoms with Gasteiger partial charge in [0, 0.05) is 0 Å². The van der Waals surface area contributed by atoms with E-state index in [1.54, 1.807) is 12.1 Å². The van der Waals surface area contributed by atoms with Crippen LogP contribution < -0.4 is 61.2 Å². The van der Waals surface area contributed by atoms with Crippen LogP contribution in [0.4, 0.5) is 0 Å². The summed E-state index contributed by atoms with van der Waals surface area (Å²) in [6.45, 7) is 2.19. The molecule has 0 amide bonds. The molecule has 0 aliphatic carbocycles. The molecule has 0 heterocycles. The Morgan fingerprint density at radius 3 is 2.26 bits per heavy atom. The summed E-state index contributed by atoms with van der Waals surface area (Å²) in [7, 11) is -4.58. The minimum atomic E-state index is -4.58. The molecule has 0 aliphatic heterocycles. The van der Waals surface area contributed by atoms with Gasteiger partial charge in [-0.2, -0.15) is 8.42 Å². The quantitative estimate of drug-likeness (QED) is 0.362. The van der Waals surface area contributed by atoms with Crippen molar-refractivity contribution < 1.29 is 74.2 Å². The van der Waals surface area contributed by atoms with Gasteiger partial charge < -0.3 is 9.84 Å². The van der Waals surface area contributed by atoms with Crippen LogP contribution in [0.5, 0.6) is 17.2 Å². The second-order valence-corrected chi connectivity index (χ2v) is 7.68.